The minimum Gasteiger partial charge on any atom is -0.368 e. The van der Waals surface area contributed by atoms with E-state index in [-0.39, 0.29) is 16.5 Å². The third-order valence-corrected chi connectivity index (χ3v) is 8.83. The predicted octanol–water partition coefficient (Wildman–Crippen LogP) is 5.87. The molecule has 1 aliphatic rings. The van der Waals surface area contributed by atoms with Gasteiger partial charge >= 0.3 is 0 Å². The van der Waals surface area contributed by atoms with Gasteiger partial charge in [-0.05, 0) is 44.2 Å². The molecule has 0 unspecified atom stereocenters. The number of halogens is 4. The highest BCUT2D eigenvalue weighted by molar-refractivity contribution is 7.94. The van der Waals surface area contributed by atoms with Crippen molar-refractivity contribution >= 4 is 79.2 Å². The van der Waals surface area contributed by atoms with Gasteiger partial charge in [0.2, 0.25) is 0 Å². The molecule has 2 heterocycles. The summed E-state index contributed by atoms with van der Waals surface area (Å²) in [7, 11) is -2.49. The predicted molar refractivity (Wildman–Crippen MR) is 138 cm³/mol. The van der Waals surface area contributed by atoms with Crippen molar-refractivity contribution in [2.24, 2.45) is 0 Å². The molecule has 34 heavy (non-hydrogen) atoms. The van der Waals surface area contributed by atoms with Crippen molar-refractivity contribution in [3.05, 3.63) is 57.1 Å². The molecule has 1 saturated heterocycles. The molecule has 0 spiro atoms. The number of piperidine rings is 1. The normalized spacial score (nSPS) is 16.5. The number of aromatic nitrogens is 1. The fraction of sp³-hybridized carbons (Fsp3) is 0.286. The highest BCUT2D eigenvalue weighted by Gasteiger charge is 2.30. The Balaban J connectivity index is 1.65. The Morgan fingerprint density at radius 2 is 2.03 bits per heavy atom. The Hall–Kier alpha value is -1.82. The van der Waals surface area contributed by atoms with Crippen molar-refractivity contribution in [2.75, 3.05) is 34.2 Å². The van der Waals surface area contributed by atoms with E-state index in [1.807, 2.05) is 13.1 Å². The third kappa shape index (κ3) is 5.22. The van der Waals surface area contributed by atoms with Gasteiger partial charge in [0.25, 0.3) is 10.0 Å². The summed E-state index contributed by atoms with van der Waals surface area (Å²) in [4.78, 5) is 5.39. The first kappa shape index (κ1) is 25.3. The first-order chi connectivity index (χ1) is 16.2. The second-order valence-corrected chi connectivity index (χ2v) is 11.5. The number of thiazole rings is 1. The van der Waals surface area contributed by atoms with Crippen LogP contribution in [0.4, 0.5) is 27.3 Å². The monoisotopic (exact) mass is 563 g/mol. The fourth-order valence-electron chi connectivity index (χ4n) is 3.77. The van der Waals surface area contributed by atoms with Crippen LogP contribution >= 0.6 is 46.3 Å². The largest absolute Gasteiger partial charge is 0.368 e. The second kappa shape index (κ2) is 10.4. The molecule has 182 valence electrons. The Morgan fingerprint density at radius 1 is 1.24 bits per heavy atom. The van der Waals surface area contributed by atoms with Gasteiger partial charge in [-0.25, -0.2) is 9.37 Å². The second-order valence-electron chi connectivity index (χ2n) is 7.69. The van der Waals surface area contributed by atoms with Crippen LogP contribution in [0.1, 0.15) is 12.8 Å². The molecule has 4 rings (SSSR count). The van der Waals surface area contributed by atoms with E-state index in [4.69, 9.17) is 35.0 Å². The van der Waals surface area contributed by atoms with Crippen LogP contribution < -0.4 is 19.4 Å². The highest BCUT2D eigenvalue weighted by atomic mass is 35.5. The zero-order valence-electron chi connectivity index (χ0n) is 17.9. The number of anilines is 4. The minimum atomic E-state index is -4.42. The van der Waals surface area contributed by atoms with E-state index in [0.717, 1.165) is 55.1 Å². The van der Waals surface area contributed by atoms with Crippen LogP contribution in [-0.4, -0.2) is 39.6 Å². The molecule has 0 amide bonds. The van der Waals surface area contributed by atoms with Crippen LogP contribution in [0.15, 0.2) is 46.1 Å². The maximum absolute atomic E-state index is 15.0. The average molecular weight is 565 g/mol. The quantitative estimate of drug-likeness (QED) is 0.350. The molecule has 1 fully saturated rings. The van der Waals surface area contributed by atoms with E-state index in [2.05, 4.69) is 20.5 Å². The molecule has 0 bridgehead atoms. The Kier molecular flexibility index (Phi) is 7.75. The van der Waals surface area contributed by atoms with Crippen LogP contribution in [0.2, 0.25) is 10.0 Å². The molecular weight excluding hydrogens is 544 g/mol. The number of nitrogens with zero attached hydrogens (tertiary/aromatic N) is 3. The molecular formula is C21H21Cl3FN5O2S2. The van der Waals surface area contributed by atoms with E-state index >= 15 is 4.39 Å². The van der Waals surface area contributed by atoms with E-state index in [9.17, 15) is 8.42 Å². The lowest BCUT2D eigenvalue weighted by Crippen LogP contribution is -2.44. The van der Waals surface area contributed by atoms with Crippen molar-refractivity contribution in [3.63, 3.8) is 0 Å². The maximum atomic E-state index is 15.0. The summed E-state index contributed by atoms with van der Waals surface area (Å²) in [5, 5.41) is 8.44. The number of sulfonamides is 1. The molecule has 2 aromatic carbocycles. The first-order valence-electron chi connectivity index (χ1n) is 10.3. The van der Waals surface area contributed by atoms with Crippen molar-refractivity contribution in [2.45, 2.75) is 23.8 Å². The summed E-state index contributed by atoms with van der Waals surface area (Å²) >= 11 is 19.8. The molecule has 0 aliphatic carbocycles. The minimum absolute atomic E-state index is 0.0102. The topological polar surface area (TPSA) is 77.6 Å². The molecule has 1 aliphatic heterocycles. The summed E-state index contributed by atoms with van der Waals surface area (Å²) in [6.45, 7) is 1.63. The first-order valence-corrected chi connectivity index (χ1v) is 13.8. The van der Waals surface area contributed by atoms with Gasteiger partial charge in [0.15, 0.2) is 5.82 Å². The van der Waals surface area contributed by atoms with Crippen molar-refractivity contribution in [1.82, 2.24) is 10.3 Å². The SMILES string of the molecule is CN[C@@H]1CCCN(c2cc(Cl)ccc2Nc2cc(F)c(S(=O)(=O)N(Cl)c3cscn3)cc2Cl)C1. The Morgan fingerprint density at radius 3 is 2.74 bits per heavy atom. The molecule has 3 aromatic rings. The number of hydrogen-bond donors (Lipinski definition) is 2. The fourth-order valence-corrected chi connectivity index (χ4v) is 6.26. The number of benzene rings is 2. The van der Waals surface area contributed by atoms with Gasteiger partial charge in [0.1, 0.15) is 10.7 Å². The van der Waals surface area contributed by atoms with E-state index < -0.39 is 20.7 Å². The molecule has 7 nitrogen and oxygen atoms in total. The maximum Gasteiger partial charge on any atom is 0.282 e. The Bertz CT molecular complexity index is 1280. The number of nitrogens with one attached hydrogen (secondary N) is 2. The summed E-state index contributed by atoms with van der Waals surface area (Å²) < 4.78 is 41.1. The van der Waals surface area contributed by atoms with Crippen LogP contribution in [0.3, 0.4) is 0 Å². The van der Waals surface area contributed by atoms with E-state index in [1.54, 1.807) is 12.1 Å². The van der Waals surface area contributed by atoms with Crippen LogP contribution in [0.5, 0.6) is 0 Å². The Labute approximate surface area is 216 Å². The molecule has 2 N–H and O–H groups in total. The van der Waals surface area contributed by atoms with Gasteiger partial charge in [-0.15, -0.1) is 11.3 Å². The van der Waals surface area contributed by atoms with Crippen molar-refractivity contribution in [1.29, 1.82) is 0 Å². The van der Waals surface area contributed by atoms with Crippen LogP contribution in [-0.2, 0) is 10.0 Å². The van der Waals surface area contributed by atoms with Gasteiger partial charge in [0, 0.05) is 47.4 Å². The van der Waals surface area contributed by atoms with Gasteiger partial charge in [0.05, 0.1) is 27.6 Å². The van der Waals surface area contributed by atoms with E-state index in [0.29, 0.717) is 20.6 Å². The molecule has 1 aromatic heterocycles. The number of likely N-dealkylation sites (N-methyl/N-ethyl adjacent to an activating group) is 1. The van der Waals surface area contributed by atoms with Crippen molar-refractivity contribution < 1.29 is 12.8 Å². The standard InChI is InChI=1S/C21H21Cl3FN5O2S2/c1-26-14-3-2-6-29(10-14)19-7-13(22)4-5-17(19)28-18-9-16(25)20(8-15(18)23)34(31,32)30(24)21-11-33-12-27-21/h4-5,7-9,11-12,14,26,28H,2-3,6,10H2,1H3/t14-/m1/s1. The number of hydrogen-bond acceptors (Lipinski definition) is 7. The lowest BCUT2D eigenvalue weighted by molar-refractivity contribution is 0.450. The summed E-state index contributed by atoms with van der Waals surface area (Å²) in [5.74, 6) is -1.03. The van der Waals surface area contributed by atoms with Gasteiger partial charge < -0.3 is 15.5 Å². The van der Waals surface area contributed by atoms with Crippen molar-refractivity contribution in [3.8, 4) is 0 Å². The average Bonchev–Trinajstić information content (AvgIpc) is 3.36. The van der Waals surface area contributed by atoms with Crippen LogP contribution in [0.25, 0.3) is 0 Å². The zero-order valence-corrected chi connectivity index (χ0v) is 21.8. The van der Waals surface area contributed by atoms with Gasteiger partial charge in [-0.1, -0.05) is 23.2 Å². The van der Waals surface area contributed by atoms with Gasteiger partial charge in [-0.2, -0.15) is 12.2 Å². The lowest BCUT2D eigenvalue weighted by atomic mass is 10.0. The molecule has 0 radical (unpaired) electrons. The third-order valence-electron chi connectivity index (χ3n) is 5.51. The summed E-state index contributed by atoms with van der Waals surface area (Å²) in [5.41, 5.74) is 3.13. The smallest absolute Gasteiger partial charge is 0.282 e. The van der Waals surface area contributed by atoms with E-state index in [1.165, 1.54) is 10.9 Å². The van der Waals surface area contributed by atoms with Crippen LogP contribution in [0, 0.1) is 5.82 Å². The zero-order chi connectivity index (χ0) is 24.5. The number of rotatable bonds is 7. The molecule has 1 atom stereocenters. The molecule has 0 saturated carbocycles. The highest BCUT2D eigenvalue weighted by Crippen LogP contribution is 2.37. The van der Waals surface area contributed by atoms with Gasteiger partial charge in [-0.3, -0.25) is 0 Å². The lowest BCUT2D eigenvalue weighted by Gasteiger charge is -2.35. The molecule has 13 heteroatoms. The summed E-state index contributed by atoms with van der Waals surface area (Å²) in [6, 6.07) is 7.74. The summed E-state index contributed by atoms with van der Waals surface area (Å²) in [6.07, 6.45) is 2.08.